The average molecular weight is 246 g/mol. The minimum Gasteiger partial charge on any atom is -0.377 e. The Morgan fingerprint density at radius 1 is 1.33 bits per heavy atom. The summed E-state index contributed by atoms with van der Waals surface area (Å²) in [6, 6.07) is 7.62. The number of benzene rings is 1. The predicted octanol–water partition coefficient (Wildman–Crippen LogP) is 3.17. The number of hydrogen-bond acceptors (Lipinski definition) is 2. The van der Waals surface area contributed by atoms with Crippen LogP contribution in [0.25, 0.3) is 0 Å². The molecule has 1 aromatic rings. The quantitative estimate of drug-likeness (QED) is 0.878. The van der Waals surface area contributed by atoms with Gasteiger partial charge in [-0.15, -0.1) is 0 Å². The van der Waals surface area contributed by atoms with Crippen LogP contribution in [0.2, 0.25) is 0 Å². The van der Waals surface area contributed by atoms with Crippen molar-refractivity contribution in [2.75, 3.05) is 25.5 Å². The van der Waals surface area contributed by atoms with Gasteiger partial charge in [-0.05, 0) is 48.9 Å². The number of hydrogen-bond donors (Lipinski definition) is 1. The molecule has 0 aliphatic carbocycles. The molecule has 1 aromatic carbocycles. The lowest BCUT2D eigenvalue weighted by Crippen LogP contribution is -2.25. The van der Waals surface area contributed by atoms with Crippen LogP contribution in [0.1, 0.15) is 43.7 Å². The molecule has 100 valence electrons. The Morgan fingerprint density at radius 3 is 2.67 bits per heavy atom. The molecule has 0 spiro atoms. The minimum absolute atomic E-state index is 0.608. The molecule has 0 bridgehead atoms. The summed E-state index contributed by atoms with van der Waals surface area (Å²) >= 11 is 0. The molecule has 1 unspecified atom stereocenters. The zero-order chi connectivity index (χ0) is 13.1. The Bertz CT molecular complexity index is 390. The third-order valence-corrected chi connectivity index (χ3v) is 3.88. The summed E-state index contributed by atoms with van der Waals surface area (Å²) in [7, 11) is 4.27. The summed E-state index contributed by atoms with van der Waals surface area (Å²) in [4.78, 5) is 2.23. The van der Waals surface area contributed by atoms with E-state index in [4.69, 9.17) is 0 Å². The van der Waals surface area contributed by atoms with Gasteiger partial charge in [-0.3, -0.25) is 0 Å². The average Bonchev–Trinajstić information content (AvgIpc) is 2.81. The highest BCUT2D eigenvalue weighted by Crippen LogP contribution is 2.26. The van der Waals surface area contributed by atoms with Gasteiger partial charge < -0.3 is 10.2 Å². The molecule has 1 atom stereocenters. The van der Waals surface area contributed by atoms with E-state index in [0.717, 1.165) is 6.42 Å². The second-order valence-corrected chi connectivity index (χ2v) is 5.93. The van der Waals surface area contributed by atoms with Crippen molar-refractivity contribution >= 4 is 5.69 Å². The molecule has 1 aliphatic heterocycles. The zero-order valence-corrected chi connectivity index (χ0v) is 12.2. The molecular weight excluding hydrogens is 220 g/mol. The lowest BCUT2D eigenvalue weighted by Gasteiger charge is -2.21. The van der Waals surface area contributed by atoms with E-state index in [1.165, 1.54) is 36.2 Å². The first kappa shape index (κ1) is 13.4. The van der Waals surface area contributed by atoms with Crippen LogP contribution in [0, 0.1) is 0 Å². The van der Waals surface area contributed by atoms with Gasteiger partial charge in [0.1, 0.15) is 0 Å². The maximum Gasteiger partial charge on any atom is 0.0394 e. The number of rotatable bonds is 4. The standard InChI is InChI=1S/C16H26N2/c1-12(2)13-7-8-16(18(3)4)14(10-13)11-15-6-5-9-17-15/h7-8,10,12,15,17H,5-6,9,11H2,1-4H3. The Morgan fingerprint density at radius 2 is 2.11 bits per heavy atom. The van der Waals surface area contributed by atoms with Gasteiger partial charge in [0, 0.05) is 25.8 Å². The highest BCUT2D eigenvalue weighted by molar-refractivity contribution is 5.54. The molecule has 0 amide bonds. The van der Waals surface area contributed by atoms with Gasteiger partial charge in [0.05, 0.1) is 0 Å². The molecule has 0 aromatic heterocycles. The lowest BCUT2D eigenvalue weighted by atomic mass is 9.95. The summed E-state index contributed by atoms with van der Waals surface area (Å²) in [5, 5.41) is 3.60. The second-order valence-electron chi connectivity index (χ2n) is 5.93. The summed E-state index contributed by atoms with van der Waals surface area (Å²) in [6.07, 6.45) is 3.80. The molecule has 1 fully saturated rings. The first-order valence-corrected chi connectivity index (χ1v) is 7.11. The Hall–Kier alpha value is -1.02. The maximum atomic E-state index is 3.60. The molecule has 2 rings (SSSR count). The minimum atomic E-state index is 0.608. The summed E-state index contributed by atoms with van der Waals surface area (Å²) in [5.41, 5.74) is 4.31. The van der Waals surface area contributed by atoms with E-state index in [-0.39, 0.29) is 0 Å². The van der Waals surface area contributed by atoms with Gasteiger partial charge in [-0.2, -0.15) is 0 Å². The third-order valence-electron chi connectivity index (χ3n) is 3.88. The summed E-state index contributed by atoms with van der Waals surface area (Å²) in [5.74, 6) is 0.608. The van der Waals surface area contributed by atoms with Crippen LogP contribution in [-0.4, -0.2) is 26.7 Å². The van der Waals surface area contributed by atoms with Crippen LogP contribution >= 0.6 is 0 Å². The lowest BCUT2D eigenvalue weighted by molar-refractivity contribution is 0.602. The fourth-order valence-corrected chi connectivity index (χ4v) is 2.76. The van der Waals surface area contributed by atoms with Gasteiger partial charge in [0.2, 0.25) is 0 Å². The van der Waals surface area contributed by atoms with Crippen LogP contribution in [0.3, 0.4) is 0 Å². The monoisotopic (exact) mass is 246 g/mol. The molecule has 1 saturated heterocycles. The SMILES string of the molecule is CC(C)c1ccc(N(C)C)c(CC2CCCN2)c1. The third kappa shape index (κ3) is 3.05. The molecule has 0 saturated carbocycles. The predicted molar refractivity (Wildman–Crippen MR) is 79.6 cm³/mol. The Kier molecular flexibility index (Phi) is 4.28. The number of nitrogens with one attached hydrogen (secondary N) is 1. The van der Waals surface area contributed by atoms with Crippen molar-refractivity contribution in [3.63, 3.8) is 0 Å². The van der Waals surface area contributed by atoms with E-state index in [9.17, 15) is 0 Å². The molecule has 18 heavy (non-hydrogen) atoms. The van der Waals surface area contributed by atoms with E-state index in [1.54, 1.807) is 0 Å². The Labute approximate surface area is 111 Å². The van der Waals surface area contributed by atoms with Crippen LogP contribution in [0.15, 0.2) is 18.2 Å². The van der Waals surface area contributed by atoms with Gasteiger partial charge in [-0.25, -0.2) is 0 Å². The van der Waals surface area contributed by atoms with Crippen molar-refractivity contribution in [3.8, 4) is 0 Å². The smallest absolute Gasteiger partial charge is 0.0394 e. The van der Waals surface area contributed by atoms with E-state index in [0.29, 0.717) is 12.0 Å². The fourth-order valence-electron chi connectivity index (χ4n) is 2.76. The van der Waals surface area contributed by atoms with Crippen molar-refractivity contribution in [2.45, 2.75) is 45.1 Å². The van der Waals surface area contributed by atoms with Gasteiger partial charge in [0.15, 0.2) is 0 Å². The number of anilines is 1. The van der Waals surface area contributed by atoms with Crippen molar-refractivity contribution < 1.29 is 0 Å². The first-order valence-electron chi connectivity index (χ1n) is 7.11. The van der Waals surface area contributed by atoms with Crippen molar-refractivity contribution in [1.82, 2.24) is 5.32 Å². The first-order chi connectivity index (χ1) is 8.58. The van der Waals surface area contributed by atoms with Gasteiger partial charge in [0.25, 0.3) is 0 Å². The molecule has 1 N–H and O–H groups in total. The largest absolute Gasteiger partial charge is 0.377 e. The highest BCUT2D eigenvalue weighted by Gasteiger charge is 2.17. The normalized spacial score (nSPS) is 19.5. The molecule has 2 heteroatoms. The van der Waals surface area contributed by atoms with Crippen LogP contribution < -0.4 is 10.2 Å². The fraction of sp³-hybridized carbons (Fsp3) is 0.625. The van der Waals surface area contributed by atoms with Gasteiger partial charge in [-0.1, -0.05) is 26.0 Å². The van der Waals surface area contributed by atoms with Crippen LogP contribution in [0.4, 0.5) is 5.69 Å². The van der Waals surface area contributed by atoms with Crippen LogP contribution in [-0.2, 0) is 6.42 Å². The summed E-state index contributed by atoms with van der Waals surface area (Å²) < 4.78 is 0. The highest BCUT2D eigenvalue weighted by atomic mass is 15.1. The molecule has 1 heterocycles. The van der Waals surface area contributed by atoms with E-state index >= 15 is 0 Å². The maximum absolute atomic E-state index is 3.60. The molecule has 1 aliphatic rings. The molecule has 0 radical (unpaired) electrons. The van der Waals surface area contributed by atoms with Crippen molar-refractivity contribution in [2.24, 2.45) is 0 Å². The second kappa shape index (κ2) is 5.75. The van der Waals surface area contributed by atoms with E-state index in [2.05, 4.69) is 56.4 Å². The zero-order valence-electron chi connectivity index (χ0n) is 12.2. The van der Waals surface area contributed by atoms with Gasteiger partial charge >= 0.3 is 0 Å². The van der Waals surface area contributed by atoms with Crippen molar-refractivity contribution in [3.05, 3.63) is 29.3 Å². The van der Waals surface area contributed by atoms with Crippen molar-refractivity contribution in [1.29, 1.82) is 0 Å². The molecular formula is C16H26N2. The molecule has 2 nitrogen and oxygen atoms in total. The summed E-state index contributed by atoms with van der Waals surface area (Å²) in [6.45, 7) is 5.72. The van der Waals surface area contributed by atoms with Crippen LogP contribution in [0.5, 0.6) is 0 Å². The number of nitrogens with zero attached hydrogens (tertiary/aromatic N) is 1. The van der Waals surface area contributed by atoms with E-state index in [1.807, 2.05) is 0 Å². The topological polar surface area (TPSA) is 15.3 Å². The van der Waals surface area contributed by atoms with E-state index < -0.39 is 0 Å². The Balaban J connectivity index is 2.24.